The van der Waals surface area contributed by atoms with Crippen molar-refractivity contribution < 1.29 is 9.59 Å². The molecule has 2 aromatic carbocycles. The van der Waals surface area contributed by atoms with Crippen molar-refractivity contribution in [2.45, 2.75) is 0 Å². The van der Waals surface area contributed by atoms with Gasteiger partial charge >= 0.3 is 0 Å². The van der Waals surface area contributed by atoms with Gasteiger partial charge in [0, 0.05) is 24.0 Å². The number of benzene rings is 2. The number of nitrogens with zero attached hydrogens (tertiary/aromatic N) is 3. The summed E-state index contributed by atoms with van der Waals surface area (Å²) >= 11 is 12.3. The molecule has 4 rings (SSSR count). The summed E-state index contributed by atoms with van der Waals surface area (Å²) in [4.78, 5) is 33.1. The Balaban J connectivity index is 1.86. The molecule has 0 bridgehead atoms. The van der Waals surface area contributed by atoms with E-state index in [1.807, 2.05) is 0 Å². The SMILES string of the molecule is NC(=O)c1cnc2c(NC(=O)c3c(Cl)cccc3Cl)cccc2c1-n1ccnc1. The van der Waals surface area contributed by atoms with Crippen LogP contribution in [0.5, 0.6) is 0 Å². The minimum absolute atomic E-state index is 0.163. The van der Waals surface area contributed by atoms with Crippen LogP contribution in [0.1, 0.15) is 20.7 Å². The lowest BCUT2D eigenvalue weighted by atomic mass is 10.1. The van der Waals surface area contributed by atoms with Gasteiger partial charge in [-0.05, 0) is 18.2 Å². The zero-order valence-electron chi connectivity index (χ0n) is 14.8. The van der Waals surface area contributed by atoms with E-state index < -0.39 is 11.8 Å². The number of aromatic nitrogens is 3. The first-order chi connectivity index (χ1) is 14.0. The lowest BCUT2D eigenvalue weighted by Gasteiger charge is -2.14. The van der Waals surface area contributed by atoms with E-state index in [9.17, 15) is 9.59 Å². The second-order valence-corrected chi connectivity index (χ2v) is 6.92. The molecule has 0 aliphatic carbocycles. The summed E-state index contributed by atoms with van der Waals surface area (Å²) in [5.41, 5.74) is 7.34. The number of pyridine rings is 1. The predicted octanol–water partition coefficient (Wildman–Crippen LogP) is 4.08. The molecule has 29 heavy (non-hydrogen) atoms. The normalized spacial score (nSPS) is 10.8. The predicted molar refractivity (Wildman–Crippen MR) is 112 cm³/mol. The average molecular weight is 426 g/mol. The smallest absolute Gasteiger partial charge is 0.258 e. The van der Waals surface area contributed by atoms with E-state index in [1.165, 1.54) is 6.20 Å². The Hall–Kier alpha value is -3.42. The number of halogens is 2. The number of imidazole rings is 1. The molecule has 0 spiro atoms. The van der Waals surface area contributed by atoms with Gasteiger partial charge in [-0.3, -0.25) is 14.6 Å². The first-order valence-corrected chi connectivity index (χ1v) is 9.18. The fourth-order valence-corrected chi connectivity index (χ4v) is 3.63. The monoisotopic (exact) mass is 425 g/mol. The van der Waals surface area contributed by atoms with Gasteiger partial charge in [0.1, 0.15) is 0 Å². The molecule has 144 valence electrons. The Bertz CT molecular complexity index is 1240. The van der Waals surface area contributed by atoms with Crippen LogP contribution in [0.15, 0.2) is 61.3 Å². The molecule has 4 aromatic rings. The molecule has 0 saturated carbocycles. The van der Waals surface area contributed by atoms with Gasteiger partial charge in [0.05, 0.1) is 44.4 Å². The van der Waals surface area contributed by atoms with Crippen molar-refractivity contribution >= 4 is 51.6 Å². The maximum atomic E-state index is 12.8. The highest BCUT2D eigenvalue weighted by Crippen LogP contribution is 2.31. The van der Waals surface area contributed by atoms with Crippen LogP contribution in [0.25, 0.3) is 16.6 Å². The molecule has 2 heterocycles. The molecule has 9 heteroatoms. The molecule has 3 N–H and O–H groups in total. The molecule has 2 aromatic heterocycles. The number of nitrogens with one attached hydrogen (secondary N) is 1. The average Bonchev–Trinajstić information content (AvgIpc) is 3.21. The molecule has 0 radical (unpaired) electrons. The Morgan fingerprint density at radius 1 is 1.07 bits per heavy atom. The second kappa shape index (κ2) is 7.54. The van der Waals surface area contributed by atoms with Crippen LogP contribution in [-0.2, 0) is 0 Å². The molecule has 0 aliphatic heterocycles. The van der Waals surface area contributed by atoms with Crippen LogP contribution >= 0.6 is 23.2 Å². The molecular formula is C20H13Cl2N5O2. The van der Waals surface area contributed by atoms with Gasteiger partial charge in [-0.1, -0.05) is 41.4 Å². The Morgan fingerprint density at radius 2 is 1.79 bits per heavy atom. The minimum atomic E-state index is -0.625. The number of hydrogen-bond acceptors (Lipinski definition) is 4. The van der Waals surface area contributed by atoms with Crippen molar-refractivity contribution in [1.29, 1.82) is 0 Å². The summed E-state index contributed by atoms with van der Waals surface area (Å²) in [6, 6.07) is 10.0. The number of hydrogen-bond donors (Lipinski definition) is 2. The molecule has 2 amide bonds. The Labute approximate surface area is 175 Å². The summed E-state index contributed by atoms with van der Waals surface area (Å²) < 4.78 is 1.67. The van der Waals surface area contributed by atoms with Gasteiger partial charge < -0.3 is 15.6 Å². The van der Waals surface area contributed by atoms with E-state index >= 15 is 0 Å². The maximum Gasteiger partial charge on any atom is 0.258 e. The fourth-order valence-electron chi connectivity index (χ4n) is 3.06. The standard InChI is InChI=1S/C20H13Cl2N5O2/c21-13-4-2-5-14(22)16(13)20(29)26-15-6-1-3-11-17(15)25-9-12(19(23)28)18(11)27-8-7-24-10-27/h1-10H,(H2,23,28)(H,26,29). The number of fused-ring (bicyclic) bond motifs is 1. The van der Waals surface area contributed by atoms with Gasteiger partial charge in [-0.15, -0.1) is 0 Å². The number of amides is 2. The van der Waals surface area contributed by atoms with Crippen molar-refractivity contribution in [3.8, 4) is 5.69 Å². The lowest BCUT2D eigenvalue weighted by molar-refractivity contribution is 0.0997. The van der Waals surface area contributed by atoms with Gasteiger partial charge in [0.25, 0.3) is 11.8 Å². The Morgan fingerprint density at radius 3 is 2.45 bits per heavy atom. The molecule has 7 nitrogen and oxygen atoms in total. The number of para-hydroxylation sites is 1. The summed E-state index contributed by atoms with van der Waals surface area (Å²) in [6.45, 7) is 0. The highest BCUT2D eigenvalue weighted by Gasteiger charge is 2.19. The van der Waals surface area contributed by atoms with E-state index in [0.29, 0.717) is 22.3 Å². The molecule has 0 atom stereocenters. The maximum absolute atomic E-state index is 12.8. The largest absolute Gasteiger partial charge is 0.365 e. The van der Waals surface area contributed by atoms with Crippen molar-refractivity contribution in [2.75, 3.05) is 5.32 Å². The van der Waals surface area contributed by atoms with Gasteiger partial charge in [0.15, 0.2) is 0 Å². The first kappa shape index (κ1) is 18.9. The van der Waals surface area contributed by atoms with E-state index in [2.05, 4.69) is 15.3 Å². The van der Waals surface area contributed by atoms with E-state index in [4.69, 9.17) is 28.9 Å². The lowest BCUT2D eigenvalue weighted by Crippen LogP contribution is -2.16. The summed E-state index contributed by atoms with van der Waals surface area (Å²) in [5.74, 6) is -1.10. The number of carbonyl (C=O) groups is 2. The number of primary amides is 1. The van der Waals surface area contributed by atoms with Crippen molar-refractivity contribution in [3.63, 3.8) is 0 Å². The third kappa shape index (κ3) is 3.41. The van der Waals surface area contributed by atoms with Crippen LogP contribution in [0.3, 0.4) is 0 Å². The Kier molecular flexibility index (Phi) is 4.92. The highest BCUT2D eigenvalue weighted by molar-refractivity contribution is 6.40. The zero-order valence-corrected chi connectivity index (χ0v) is 16.3. The third-order valence-corrected chi connectivity index (χ3v) is 4.97. The molecular weight excluding hydrogens is 413 g/mol. The minimum Gasteiger partial charge on any atom is -0.365 e. The van der Waals surface area contributed by atoms with Crippen LogP contribution in [0, 0.1) is 0 Å². The quantitative estimate of drug-likeness (QED) is 0.513. The van der Waals surface area contributed by atoms with Gasteiger partial charge in [-0.25, -0.2) is 4.98 Å². The third-order valence-electron chi connectivity index (χ3n) is 4.34. The summed E-state index contributed by atoms with van der Waals surface area (Å²) in [5, 5.41) is 3.88. The fraction of sp³-hybridized carbons (Fsp3) is 0. The number of rotatable bonds is 4. The molecule has 0 aliphatic rings. The van der Waals surface area contributed by atoms with Crippen molar-refractivity contribution in [3.05, 3.63) is 82.5 Å². The summed E-state index contributed by atoms with van der Waals surface area (Å²) in [6.07, 6.45) is 6.20. The highest BCUT2D eigenvalue weighted by atomic mass is 35.5. The number of anilines is 1. The summed E-state index contributed by atoms with van der Waals surface area (Å²) in [7, 11) is 0. The number of nitrogens with two attached hydrogens (primary N) is 1. The zero-order chi connectivity index (χ0) is 20.5. The topological polar surface area (TPSA) is 103 Å². The molecule has 0 saturated heterocycles. The van der Waals surface area contributed by atoms with E-state index in [0.717, 1.165) is 0 Å². The van der Waals surface area contributed by atoms with Gasteiger partial charge in [0.2, 0.25) is 0 Å². The number of carbonyl (C=O) groups excluding carboxylic acids is 2. The van der Waals surface area contributed by atoms with E-state index in [-0.39, 0.29) is 21.2 Å². The van der Waals surface area contributed by atoms with Crippen molar-refractivity contribution in [2.24, 2.45) is 5.73 Å². The van der Waals surface area contributed by atoms with Crippen LogP contribution in [0.2, 0.25) is 10.0 Å². The second-order valence-electron chi connectivity index (χ2n) is 6.11. The van der Waals surface area contributed by atoms with Crippen LogP contribution < -0.4 is 11.1 Å². The van der Waals surface area contributed by atoms with Crippen molar-refractivity contribution in [1.82, 2.24) is 14.5 Å². The van der Waals surface area contributed by atoms with E-state index in [1.54, 1.807) is 59.7 Å². The molecule has 0 unspecified atom stereocenters. The molecule has 0 fully saturated rings. The van der Waals surface area contributed by atoms with Crippen LogP contribution in [0.4, 0.5) is 5.69 Å². The van der Waals surface area contributed by atoms with Gasteiger partial charge in [-0.2, -0.15) is 0 Å². The first-order valence-electron chi connectivity index (χ1n) is 8.42. The van der Waals surface area contributed by atoms with Crippen LogP contribution in [-0.4, -0.2) is 26.3 Å².